The van der Waals surface area contributed by atoms with Crippen LogP contribution in [-0.2, 0) is 11.2 Å². The molecule has 0 bridgehead atoms. The molecule has 1 amide bonds. The first kappa shape index (κ1) is 14.0. The third-order valence-electron chi connectivity index (χ3n) is 2.57. The van der Waals surface area contributed by atoms with Gasteiger partial charge in [0, 0.05) is 6.54 Å². The fourth-order valence-corrected chi connectivity index (χ4v) is 1.57. The molecule has 1 rings (SSSR count). The molecule has 0 aromatic heterocycles. The van der Waals surface area contributed by atoms with E-state index in [-0.39, 0.29) is 24.6 Å². The molecule has 0 unspecified atom stereocenters. The SMILES string of the molecule is CCN(CC#N)C(=O)Cc1ccc(OC)c(F)c1. The lowest BCUT2D eigenvalue weighted by atomic mass is 10.1. The minimum absolute atomic E-state index is 0.0496. The normalized spacial score (nSPS) is 9.67. The Labute approximate surface area is 106 Å². The van der Waals surface area contributed by atoms with Crippen LogP contribution in [-0.4, -0.2) is 31.0 Å². The number of rotatable bonds is 5. The van der Waals surface area contributed by atoms with Crippen LogP contribution in [0.5, 0.6) is 5.75 Å². The third kappa shape index (κ3) is 3.45. The Morgan fingerprint density at radius 1 is 1.56 bits per heavy atom. The molecule has 0 aliphatic rings. The van der Waals surface area contributed by atoms with Crippen LogP contribution in [0, 0.1) is 17.1 Å². The van der Waals surface area contributed by atoms with Gasteiger partial charge in [0.2, 0.25) is 5.91 Å². The van der Waals surface area contributed by atoms with Crippen LogP contribution >= 0.6 is 0 Å². The summed E-state index contributed by atoms with van der Waals surface area (Å²) >= 11 is 0. The van der Waals surface area contributed by atoms with E-state index in [1.165, 1.54) is 24.1 Å². The minimum Gasteiger partial charge on any atom is -0.494 e. The molecule has 0 heterocycles. The molecule has 0 atom stereocenters. The van der Waals surface area contributed by atoms with Crippen molar-refractivity contribution >= 4 is 5.91 Å². The van der Waals surface area contributed by atoms with Crippen molar-refractivity contribution in [2.45, 2.75) is 13.3 Å². The molecule has 96 valence electrons. The van der Waals surface area contributed by atoms with E-state index in [2.05, 4.69) is 0 Å². The monoisotopic (exact) mass is 250 g/mol. The van der Waals surface area contributed by atoms with Gasteiger partial charge in [-0.25, -0.2) is 4.39 Å². The Morgan fingerprint density at radius 2 is 2.28 bits per heavy atom. The van der Waals surface area contributed by atoms with Crippen LogP contribution in [0.3, 0.4) is 0 Å². The van der Waals surface area contributed by atoms with Gasteiger partial charge in [0.15, 0.2) is 11.6 Å². The third-order valence-corrected chi connectivity index (χ3v) is 2.57. The van der Waals surface area contributed by atoms with Crippen molar-refractivity contribution in [1.29, 1.82) is 5.26 Å². The Morgan fingerprint density at radius 3 is 2.78 bits per heavy atom. The van der Waals surface area contributed by atoms with E-state index in [9.17, 15) is 9.18 Å². The molecule has 0 N–H and O–H groups in total. The van der Waals surface area contributed by atoms with Crippen molar-refractivity contribution in [2.24, 2.45) is 0 Å². The number of halogens is 1. The minimum atomic E-state index is -0.494. The van der Waals surface area contributed by atoms with E-state index < -0.39 is 5.82 Å². The van der Waals surface area contributed by atoms with Crippen molar-refractivity contribution in [2.75, 3.05) is 20.2 Å². The number of benzene rings is 1. The van der Waals surface area contributed by atoms with Gasteiger partial charge < -0.3 is 9.64 Å². The summed E-state index contributed by atoms with van der Waals surface area (Å²) in [5.74, 6) is -0.537. The number of carbonyl (C=O) groups is 1. The lowest BCUT2D eigenvalue weighted by molar-refractivity contribution is -0.129. The summed E-state index contributed by atoms with van der Waals surface area (Å²) in [7, 11) is 1.38. The van der Waals surface area contributed by atoms with Gasteiger partial charge in [0.25, 0.3) is 0 Å². The molecular formula is C13H15FN2O2. The number of amides is 1. The number of ether oxygens (including phenoxy) is 1. The van der Waals surface area contributed by atoms with Crippen LogP contribution in [0.2, 0.25) is 0 Å². The molecule has 0 radical (unpaired) electrons. The summed E-state index contributed by atoms with van der Waals surface area (Å²) in [5.41, 5.74) is 0.565. The fraction of sp³-hybridized carbons (Fsp3) is 0.385. The molecule has 0 saturated carbocycles. The highest BCUT2D eigenvalue weighted by Crippen LogP contribution is 2.18. The van der Waals surface area contributed by atoms with Crippen LogP contribution in [0.4, 0.5) is 4.39 Å². The van der Waals surface area contributed by atoms with Crippen molar-refractivity contribution < 1.29 is 13.9 Å². The van der Waals surface area contributed by atoms with Crippen LogP contribution in [0.1, 0.15) is 12.5 Å². The second kappa shape index (κ2) is 6.60. The second-order valence-corrected chi connectivity index (χ2v) is 3.71. The number of hydrogen-bond donors (Lipinski definition) is 0. The zero-order valence-electron chi connectivity index (χ0n) is 10.4. The molecule has 0 spiro atoms. The molecule has 4 nitrogen and oxygen atoms in total. The number of nitrogens with zero attached hydrogens (tertiary/aromatic N) is 2. The first-order valence-electron chi connectivity index (χ1n) is 5.59. The predicted molar refractivity (Wildman–Crippen MR) is 64.5 cm³/mol. The molecule has 1 aromatic carbocycles. The molecule has 5 heteroatoms. The highest BCUT2D eigenvalue weighted by Gasteiger charge is 2.13. The van der Waals surface area contributed by atoms with Crippen LogP contribution in [0.25, 0.3) is 0 Å². The van der Waals surface area contributed by atoms with E-state index >= 15 is 0 Å². The van der Waals surface area contributed by atoms with Gasteiger partial charge in [0.05, 0.1) is 19.6 Å². The quantitative estimate of drug-likeness (QED) is 0.748. The average Bonchev–Trinajstić information content (AvgIpc) is 2.36. The molecular weight excluding hydrogens is 235 g/mol. The standard InChI is InChI=1S/C13H15FN2O2/c1-3-16(7-6-15)13(17)9-10-4-5-12(18-2)11(14)8-10/h4-5,8H,3,7,9H2,1-2H3. The van der Waals surface area contributed by atoms with Crippen molar-refractivity contribution in [3.05, 3.63) is 29.6 Å². The molecule has 0 aliphatic heterocycles. The largest absolute Gasteiger partial charge is 0.494 e. The first-order valence-corrected chi connectivity index (χ1v) is 5.59. The summed E-state index contributed by atoms with van der Waals surface area (Å²) in [4.78, 5) is 13.2. The van der Waals surface area contributed by atoms with Gasteiger partial charge >= 0.3 is 0 Å². The first-order chi connectivity index (χ1) is 8.62. The van der Waals surface area contributed by atoms with Crippen molar-refractivity contribution in [1.82, 2.24) is 4.90 Å². The Hall–Kier alpha value is -2.09. The smallest absolute Gasteiger partial charge is 0.227 e. The molecule has 0 fully saturated rings. The van der Waals surface area contributed by atoms with Gasteiger partial charge in [-0.2, -0.15) is 5.26 Å². The Kier molecular flexibility index (Phi) is 5.12. The lowest BCUT2D eigenvalue weighted by Crippen LogP contribution is -2.32. The van der Waals surface area contributed by atoms with E-state index in [0.29, 0.717) is 12.1 Å². The molecule has 0 aliphatic carbocycles. The highest BCUT2D eigenvalue weighted by atomic mass is 19.1. The van der Waals surface area contributed by atoms with Crippen molar-refractivity contribution in [3.63, 3.8) is 0 Å². The summed E-state index contributed by atoms with van der Waals surface area (Å²) in [6.45, 7) is 2.31. The number of likely N-dealkylation sites (N-methyl/N-ethyl adjacent to an activating group) is 1. The maximum absolute atomic E-state index is 13.4. The summed E-state index contributed by atoms with van der Waals surface area (Å²) in [6, 6.07) is 6.32. The van der Waals surface area contributed by atoms with E-state index in [1.54, 1.807) is 13.0 Å². The molecule has 18 heavy (non-hydrogen) atoms. The summed E-state index contributed by atoms with van der Waals surface area (Å²) < 4.78 is 18.2. The number of carbonyl (C=O) groups excluding carboxylic acids is 1. The van der Waals surface area contributed by atoms with Crippen LogP contribution in [0.15, 0.2) is 18.2 Å². The van der Waals surface area contributed by atoms with Gasteiger partial charge in [-0.1, -0.05) is 6.07 Å². The fourth-order valence-electron chi connectivity index (χ4n) is 1.57. The van der Waals surface area contributed by atoms with E-state index in [0.717, 1.165) is 0 Å². The summed E-state index contributed by atoms with van der Waals surface area (Å²) in [5, 5.41) is 8.57. The number of methoxy groups -OCH3 is 1. The van der Waals surface area contributed by atoms with Gasteiger partial charge in [-0.05, 0) is 24.6 Å². The maximum Gasteiger partial charge on any atom is 0.227 e. The van der Waals surface area contributed by atoms with E-state index in [4.69, 9.17) is 10.00 Å². The zero-order chi connectivity index (χ0) is 13.5. The second-order valence-electron chi connectivity index (χ2n) is 3.71. The van der Waals surface area contributed by atoms with E-state index in [1.807, 2.05) is 6.07 Å². The highest BCUT2D eigenvalue weighted by molar-refractivity contribution is 5.79. The molecule has 1 aromatic rings. The van der Waals surface area contributed by atoms with Gasteiger partial charge in [-0.3, -0.25) is 4.79 Å². The van der Waals surface area contributed by atoms with Gasteiger partial charge in [0.1, 0.15) is 6.54 Å². The Balaban J connectivity index is 2.76. The number of hydrogen-bond acceptors (Lipinski definition) is 3. The van der Waals surface area contributed by atoms with Crippen LogP contribution < -0.4 is 4.74 Å². The summed E-state index contributed by atoms with van der Waals surface area (Å²) in [6.07, 6.45) is 0.0798. The Bertz CT molecular complexity index is 469. The zero-order valence-corrected chi connectivity index (χ0v) is 10.4. The topological polar surface area (TPSA) is 53.3 Å². The van der Waals surface area contributed by atoms with Crippen molar-refractivity contribution in [3.8, 4) is 11.8 Å². The lowest BCUT2D eigenvalue weighted by Gasteiger charge is -2.17. The predicted octanol–water partition coefficient (Wildman–Crippen LogP) is 1.75. The van der Waals surface area contributed by atoms with Gasteiger partial charge in [-0.15, -0.1) is 0 Å². The maximum atomic E-state index is 13.4. The molecule has 0 saturated heterocycles. The average molecular weight is 250 g/mol. The number of nitriles is 1.